The van der Waals surface area contributed by atoms with E-state index in [0.717, 1.165) is 15.8 Å². The number of nitriles is 1. The minimum absolute atomic E-state index is 0.0556. The van der Waals surface area contributed by atoms with E-state index in [1.54, 1.807) is 23.1 Å². The van der Waals surface area contributed by atoms with Gasteiger partial charge in [0.25, 0.3) is 0 Å². The van der Waals surface area contributed by atoms with Crippen molar-refractivity contribution in [2.45, 2.75) is 32.6 Å². The van der Waals surface area contributed by atoms with Crippen molar-refractivity contribution in [1.82, 2.24) is 0 Å². The van der Waals surface area contributed by atoms with E-state index in [0.29, 0.717) is 39.7 Å². The average molecular weight is 534 g/mol. The summed E-state index contributed by atoms with van der Waals surface area (Å²) in [5.74, 6) is -0.680. The fraction of sp³-hybridized carbons (Fsp3) is 0.273. The number of carbonyl (C=O) groups is 1. The number of anilines is 1. The highest BCUT2D eigenvalue weighted by atomic mass is 79.9. The van der Waals surface area contributed by atoms with Crippen LogP contribution in [0.15, 0.2) is 57.5 Å². The van der Waals surface area contributed by atoms with Gasteiger partial charge in [-0.3, -0.25) is 19.8 Å². The van der Waals surface area contributed by atoms with Gasteiger partial charge in [-0.15, -0.1) is 0 Å². The van der Waals surface area contributed by atoms with Gasteiger partial charge >= 0.3 is 5.00 Å². The molecule has 10 heteroatoms. The lowest BCUT2D eigenvalue weighted by molar-refractivity contribution is -0.380. The number of benzene rings is 1. The Kier molecular flexibility index (Phi) is 5.65. The predicted molar refractivity (Wildman–Crippen MR) is 127 cm³/mol. The fourth-order valence-corrected chi connectivity index (χ4v) is 6.03. The van der Waals surface area contributed by atoms with Crippen LogP contribution >= 0.6 is 38.9 Å². The highest BCUT2D eigenvalue weighted by Crippen LogP contribution is 2.52. The van der Waals surface area contributed by atoms with Gasteiger partial charge in [0.05, 0.1) is 33.2 Å². The Morgan fingerprint density at radius 2 is 2.06 bits per heavy atom. The van der Waals surface area contributed by atoms with Gasteiger partial charge < -0.3 is 5.73 Å². The van der Waals surface area contributed by atoms with Gasteiger partial charge in [-0.2, -0.15) is 5.26 Å². The molecule has 32 heavy (non-hydrogen) atoms. The standard InChI is InChI=1S/C22H18BrClN4O3S/c1-22(2)8-15-20(16(29)9-22)19(17-5-6-18(32-17)28(30)31)12(10-25)21(26)27(15)14-4-3-11(23)7-13(14)24/h3-7,19H,8-9,26H2,1-2H3. The van der Waals surface area contributed by atoms with Gasteiger partial charge in [0.15, 0.2) is 5.78 Å². The zero-order valence-electron chi connectivity index (χ0n) is 17.2. The highest BCUT2D eigenvalue weighted by molar-refractivity contribution is 9.10. The van der Waals surface area contributed by atoms with E-state index in [2.05, 4.69) is 22.0 Å². The maximum atomic E-state index is 13.4. The molecule has 0 amide bonds. The van der Waals surface area contributed by atoms with Crippen LogP contribution in [0.3, 0.4) is 0 Å². The molecule has 164 valence electrons. The summed E-state index contributed by atoms with van der Waals surface area (Å²) in [6.07, 6.45) is 0.834. The van der Waals surface area contributed by atoms with E-state index in [9.17, 15) is 20.2 Å². The van der Waals surface area contributed by atoms with Crippen LogP contribution in [0.25, 0.3) is 0 Å². The molecule has 0 spiro atoms. The van der Waals surface area contributed by atoms with Crippen LogP contribution < -0.4 is 10.6 Å². The predicted octanol–water partition coefficient (Wildman–Crippen LogP) is 6.01. The summed E-state index contributed by atoms with van der Waals surface area (Å²) in [7, 11) is 0. The summed E-state index contributed by atoms with van der Waals surface area (Å²) in [5, 5.41) is 21.7. The minimum Gasteiger partial charge on any atom is -0.384 e. The number of hydrogen-bond acceptors (Lipinski definition) is 7. The van der Waals surface area contributed by atoms with E-state index in [1.807, 2.05) is 19.9 Å². The lowest BCUT2D eigenvalue weighted by Gasteiger charge is -2.43. The van der Waals surface area contributed by atoms with Gasteiger partial charge in [-0.25, -0.2) is 0 Å². The third-order valence-electron chi connectivity index (χ3n) is 5.61. The largest absolute Gasteiger partial charge is 0.384 e. The number of nitro groups is 1. The fourth-order valence-electron chi connectivity index (χ4n) is 4.33. The van der Waals surface area contributed by atoms with Crippen molar-refractivity contribution in [2.24, 2.45) is 11.1 Å². The highest BCUT2D eigenvalue weighted by Gasteiger charge is 2.45. The molecule has 0 radical (unpaired) electrons. The molecular formula is C22H18BrClN4O3S. The number of carbonyl (C=O) groups excluding carboxylic acids is 1. The topological polar surface area (TPSA) is 113 Å². The average Bonchev–Trinajstić information content (AvgIpc) is 3.17. The van der Waals surface area contributed by atoms with Gasteiger partial charge in [-0.05, 0) is 36.1 Å². The first-order valence-corrected chi connectivity index (χ1v) is 11.7. The molecule has 0 saturated heterocycles. The summed E-state index contributed by atoms with van der Waals surface area (Å²) in [5.41, 5.74) is 8.08. The molecule has 0 bridgehead atoms. The molecule has 1 aromatic heterocycles. The summed E-state index contributed by atoms with van der Waals surface area (Å²) in [6, 6.07) is 10.5. The number of rotatable bonds is 3. The van der Waals surface area contributed by atoms with E-state index in [1.165, 1.54) is 6.07 Å². The van der Waals surface area contributed by atoms with Crippen molar-refractivity contribution in [3.8, 4) is 6.07 Å². The zero-order chi connectivity index (χ0) is 23.4. The van der Waals surface area contributed by atoms with Gasteiger partial charge in [0.1, 0.15) is 5.82 Å². The van der Waals surface area contributed by atoms with Gasteiger partial charge in [0, 0.05) is 33.1 Å². The number of hydrogen-bond donors (Lipinski definition) is 1. The van der Waals surface area contributed by atoms with Gasteiger partial charge in [0.2, 0.25) is 0 Å². The Morgan fingerprint density at radius 1 is 1.34 bits per heavy atom. The maximum absolute atomic E-state index is 13.4. The molecule has 2 aromatic rings. The van der Waals surface area contributed by atoms with E-state index in [4.69, 9.17) is 17.3 Å². The van der Waals surface area contributed by atoms with Crippen LogP contribution in [0.2, 0.25) is 5.02 Å². The Morgan fingerprint density at radius 3 is 2.66 bits per heavy atom. The lowest BCUT2D eigenvalue weighted by atomic mass is 9.69. The molecule has 1 aliphatic carbocycles. The van der Waals surface area contributed by atoms with Crippen LogP contribution in [-0.2, 0) is 4.79 Å². The van der Waals surface area contributed by atoms with Gasteiger partial charge in [-0.1, -0.05) is 52.7 Å². The van der Waals surface area contributed by atoms with E-state index >= 15 is 0 Å². The second kappa shape index (κ2) is 8.03. The van der Waals surface area contributed by atoms with Crippen LogP contribution in [-0.4, -0.2) is 10.7 Å². The number of nitrogens with two attached hydrogens (primary N) is 1. The van der Waals surface area contributed by atoms with Crippen LogP contribution in [0.4, 0.5) is 10.7 Å². The van der Waals surface area contributed by atoms with Crippen LogP contribution in [0, 0.1) is 26.9 Å². The Bertz CT molecular complexity index is 1270. The van der Waals surface area contributed by atoms with Crippen molar-refractivity contribution in [3.63, 3.8) is 0 Å². The lowest BCUT2D eigenvalue weighted by Crippen LogP contribution is -2.42. The van der Waals surface area contributed by atoms with Crippen molar-refractivity contribution in [1.29, 1.82) is 5.26 Å². The van der Waals surface area contributed by atoms with Crippen molar-refractivity contribution < 1.29 is 9.72 Å². The smallest absolute Gasteiger partial charge is 0.324 e. The van der Waals surface area contributed by atoms with E-state index < -0.39 is 10.8 Å². The normalized spacial score (nSPS) is 20.3. The molecule has 1 aromatic carbocycles. The molecule has 1 atom stereocenters. The second-order valence-electron chi connectivity index (χ2n) is 8.51. The maximum Gasteiger partial charge on any atom is 0.324 e. The third kappa shape index (κ3) is 3.72. The second-order valence-corrected chi connectivity index (χ2v) is 10.9. The molecule has 4 rings (SSSR count). The molecule has 1 aliphatic heterocycles. The van der Waals surface area contributed by atoms with Crippen molar-refractivity contribution >= 4 is 55.3 Å². The molecule has 7 nitrogen and oxygen atoms in total. The molecule has 2 N–H and O–H groups in total. The third-order valence-corrected chi connectivity index (χ3v) is 7.51. The first kappa shape index (κ1) is 22.5. The summed E-state index contributed by atoms with van der Waals surface area (Å²) < 4.78 is 0.782. The number of nitrogens with zero attached hydrogens (tertiary/aromatic N) is 3. The zero-order valence-corrected chi connectivity index (χ0v) is 20.3. The van der Waals surface area contributed by atoms with Crippen LogP contribution in [0.5, 0.6) is 0 Å². The molecule has 0 saturated carbocycles. The Hall–Kier alpha value is -2.67. The monoisotopic (exact) mass is 532 g/mol. The number of allylic oxidation sites excluding steroid dienone is 3. The molecular weight excluding hydrogens is 516 g/mol. The minimum atomic E-state index is -0.747. The first-order valence-electron chi connectivity index (χ1n) is 9.69. The summed E-state index contributed by atoms with van der Waals surface area (Å²) >= 11 is 10.9. The SMILES string of the molecule is CC1(C)CC(=O)C2=C(C1)N(c1ccc(Br)cc1Cl)C(N)=C(C#N)C2c1ccc([N+](=O)[O-])s1. The molecule has 1 unspecified atom stereocenters. The quantitative estimate of drug-likeness (QED) is 0.382. The Labute approximate surface area is 202 Å². The molecule has 0 fully saturated rings. The summed E-state index contributed by atoms with van der Waals surface area (Å²) in [4.78, 5) is 26.4. The molecule has 2 heterocycles. The number of thiophene rings is 1. The number of Topliss-reactive ketones (excluding diaryl/α,β-unsaturated/α-hetero) is 1. The van der Waals surface area contributed by atoms with Crippen LogP contribution in [0.1, 0.15) is 37.5 Å². The van der Waals surface area contributed by atoms with Crippen molar-refractivity contribution in [3.05, 3.63) is 77.5 Å². The molecule has 2 aliphatic rings. The number of halogens is 2. The summed E-state index contributed by atoms with van der Waals surface area (Å²) in [6.45, 7) is 4.00. The Balaban J connectivity index is 2.00. The first-order chi connectivity index (χ1) is 15.0. The van der Waals surface area contributed by atoms with E-state index in [-0.39, 0.29) is 27.6 Å². The van der Waals surface area contributed by atoms with Crippen molar-refractivity contribution in [2.75, 3.05) is 4.90 Å². The number of ketones is 1.